The van der Waals surface area contributed by atoms with Gasteiger partial charge in [-0.15, -0.1) is 0 Å². The molecule has 2 amide bonds. The summed E-state index contributed by atoms with van der Waals surface area (Å²) >= 11 is 11.8. The number of nitrogens with zero attached hydrogens (tertiary/aromatic N) is 1. The van der Waals surface area contributed by atoms with E-state index in [1.807, 2.05) is 0 Å². The van der Waals surface area contributed by atoms with Crippen LogP contribution in [0.5, 0.6) is 11.5 Å². The van der Waals surface area contributed by atoms with Crippen LogP contribution in [0.25, 0.3) is 0 Å². The van der Waals surface area contributed by atoms with E-state index in [4.69, 9.17) is 32.7 Å². The van der Waals surface area contributed by atoms with Crippen LogP contribution in [0.4, 0.5) is 5.69 Å². The third-order valence-corrected chi connectivity index (χ3v) is 4.64. The number of hydrogen-bond donors (Lipinski definition) is 2. The highest BCUT2D eigenvalue weighted by atomic mass is 35.5. The van der Waals surface area contributed by atoms with Crippen molar-refractivity contribution in [3.8, 4) is 11.5 Å². The third kappa shape index (κ3) is 6.55. The van der Waals surface area contributed by atoms with Gasteiger partial charge in [-0.1, -0.05) is 41.4 Å². The summed E-state index contributed by atoms with van der Waals surface area (Å²) in [6.07, 6.45) is 1.24. The number of nitrogens with one attached hydrogen (secondary N) is 2. The minimum absolute atomic E-state index is 0.202. The van der Waals surface area contributed by atoms with Crippen LogP contribution in [0.1, 0.15) is 15.9 Å². The summed E-state index contributed by atoms with van der Waals surface area (Å²) < 4.78 is 10.5. The predicted octanol–water partition coefficient (Wildman–Crippen LogP) is 4.31. The van der Waals surface area contributed by atoms with Crippen molar-refractivity contribution in [3.05, 3.63) is 87.9 Å². The zero-order valence-electron chi connectivity index (χ0n) is 17.2. The van der Waals surface area contributed by atoms with E-state index in [0.717, 1.165) is 0 Å². The standard InChI is InChI=1S/C23H17Cl2N3O5/c1-32-20-10-9-17(25)12-18(20)27-21(29)22(30)28-26-13-15-5-2-3-8-19(15)33-23(31)14-6-4-7-16(24)11-14/h2-13H,1H3,(H,27,29)(H,28,30). The molecule has 0 saturated heterocycles. The van der Waals surface area contributed by atoms with Gasteiger partial charge in [-0.05, 0) is 48.5 Å². The second-order valence-corrected chi connectivity index (χ2v) is 7.31. The lowest BCUT2D eigenvalue weighted by Crippen LogP contribution is -2.32. The Hall–Kier alpha value is -3.88. The maximum atomic E-state index is 12.4. The number of carbonyl (C=O) groups is 3. The van der Waals surface area contributed by atoms with Gasteiger partial charge < -0.3 is 14.8 Å². The number of rotatable bonds is 6. The first kappa shape index (κ1) is 23.8. The summed E-state index contributed by atoms with van der Waals surface area (Å²) in [4.78, 5) is 36.6. The lowest BCUT2D eigenvalue weighted by Gasteiger charge is -2.09. The minimum atomic E-state index is -1.03. The fraction of sp³-hybridized carbons (Fsp3) is 0.0435. The molecular formula is C23H17Cl2N3O5. The van der Waals surface area contributed by atoms with Crippen LogP contribution in [0, 0.1) is 0 Å². The number of methoxy groups -OCH3 is 1. The lowest BCUT2D eigenvalue weighted by atomic mass is 10.2. The highest BCUT2D eigenvalue weighted by Crippen LogP contribution is 2.27. The summed E-state index contributed by atoms with van der Waals surface area (Å²) in [5, 5.41) is 6.91. The number of para-hydroxylation sites is 1. The SMILES string of the molecule is COc1ccc(Cl)cc1NC(=O)C(=O)NN=Cc1ccccc1OC(=O)c1cccc(Cl)c1. The highest BCUT2D eigenvalue weighted by molar-refractivity contribution is 6.40. The average molecular weight is 486 g/mol. The maximum Gasteiger partial charge on any atom is 0.343 e. The highest BCUT2D eigenvalue weighted by Gasteiger charge is 2.16. The first-order chi connectivity index (χ1) is 15.9. The molecule has 0 bridgehead atoms. The Morgan fingerprint density at radius 2 is 1.64 bits per heavy atom. The van der Waals surface area contributed by atoms with Crippen molar-refractivity contribution in [2.75, 3.05) is 12.4 Å². The molecule has 0 aliphatic carbocycles. The number of carbonyl (C=O) groups excluding carboxylic acids is 3. The molecule has 3 rings (SSSR count). The molecule has 168 valence electrons. The molecular weight excluding hydrogens is 469 g/mol. The summed E-state index contributed by atoms with van der Waals surface area (Å²) in [6, 6.07) is 17.4. The zero-order valence-corrected chi connectivity index (χ0v) is 18.7. The number of anilines is 1. The van der Waals surface area contributed by atoms with Crippen LogP contribution in [0.2, 0.25) is 10.0 Å². The fourth-order valence-electron chi connectivity index (χ4n) is 2.62. The van der Waals surface area contributed by atoms with Gasteiger partial charge in [0.15, 0.2) is 0 Å². The lowest BCUT2D eigenvalue weighted by molar-refractivity contribution is -0.136. The third-order valence-electron chi connectivity index (χ3n) is 4.17. The van der Waals surface area contributed by atoms with E-state index in [-0.39, 0.29) is 17.0 Å². The van der Waals surface area contributed by atoms with Crippen molar-refractivity contribution < 1.29 is 23.9 Å². The van der Waals surface area contributed by atoms with Crippen LogP contribution in [0.3, 0.4) is 0 Å². The normalized spacial score (nSPS) is 10.5. The van der Waals surface area contributed by atoms with Crippen molar-refractivity contribution >= 4 is 52.9 Å². The van der Waals surface area contributed by atoms with E-state index >= 15 is 0 Å². The number of halogens is 2. The van der Waals surface area contributed by atoms with Crippen LogP contribution >= 0.6 is 23.2 Å². The molecule has 3 aromatic carbocycles. The number of hydrogen-bond acceptors (Lipinski definition) is 6. The Morgan fingerprint density at radius 1 is 0.879 bits per heavy atom. The second-order valence-electron chi connectivity index (χ2n) is 6.44. The van der Waals surface area contributed by atoms with Gasteiger partial charge in [0.1, 0.15) is 11.5 Å². The van der Waals surface area contributed by atoms with E-state index < -0.39 is 17.8 Å². The molecule has 0 aliphatic rings. The van der Waals surface area contributed by atoms with E-state index in [9.17, 15) is 14.4 Å². The molecule has 0 unspecified atom stereocenters. The Labute approximate surface area is 199 Å². The zero-order chi connectivity index (χ0) is 23.8. The smallest absolute Gasteiger partial charge is 0.343 e. The summed E-state index contributed by atoms with van der Waals surface area (Å²) in [7, 11) is 1.42. The molecule has 0 atom stereocenters. The maximum absolute atomic E-state index is 12.4. The van der Waals surface area contributed by atoms with E-state index in [1.54, 1.807) is 54.6 Å². The average Bonchev–Trinajstić information content (AvgIpc) is 2.80. The second kappa shape index (κ2) is 11.1. The molecule has 0 aliphatic heterocycles. The monoisotopic (exact) mass is 485 g/mol. The topological polar surface area (TPSA) is 106 Å². The molecule has 8 nitrogen and oxygen atoms in total. The molecule has 0 fully saturated rings. The van der Waals surface area contributed by atoms with Gasteiger partial charge in [0, 0.05) is 15.6 Å². The number of amides is 2. The first-order valence-corrected chi connectivity index (χ1v) is 10.2. The Morgan fingerprint density at radius 3 is 2.39 bits per heavy atom. The molecule has 2 N–H and O–H groups in total. The van der Waals surface area contributed by atoms with Crippen LogP contribution in [0.15, 0.2) is 71.8 Å². The molecule has 0 heterocycles. The van der Waals surface area contributed by atoms with Crippen molar-refractivity contribution in [2.45, 2.75) is 0 Å². The van der Waals surface area contributed by atoms with Gasteiger partial charge in [0.2, 0.25) is 0 Å². The Kier molecular flexibility index (Phi) is 8.01. The van der Waals surface area contributed by atoms with E-state index in [1.165, 1.54) is 25.5 Å². The molecule has 0 spiro atoms. The van der Waals surface area contributed by atoms with Gasteiger partial charge in [-0.25, -0.2) is 10.2 Å². The van der Waals surface area contributed by atoms with Gasteiger partial charge in [-0.3, -0.25) is 9.59 Å². The molecule has 33 heavy (non-hydrogen) atoms. The number of esters is 1. The largest absolute Gasteiger partial charge is 0.495 e. The fourth-order valence-corrected chi connectivity index (χ4v) is 2.98. The van der Waals surface area contributed by atoms with Crippen molar-refractivity contribution in [1.82, 2.24) is 5.43 Å². The minimum Gasteiger partial charge on any atom is -0.495 e. The Bertz CT molecular complexity index is 1230. The molecule has 0 radical (unpaired) electrons. The summed E-state index contributed by atoms with van der Waals surface area (Å²) in [6.45, 7) is 0. The van der Waals surface area contributed by atoms with Crippen LogP contribution < -0.4 is 20.2 Å². The number of benzene rings is 3. The quantitative estimate of drug-likeness (QED) is 0.178. The van der Waals surface area contributed by atoms with E-state index in [0.29, 0.717) is 21.4 Å². The van der Waals surface area contributed by atoms with Crippen LogP contribution in [-0.2, 0) is 9.59 Å². The van der Waals surface area contributed by atoms with Crippen molar-refractivity contribution in [3.63, 3.8) is 0 Å². The van der Waals surface area contributed by atoms with Gasteiger partial charge >= 0.3 is 17.8 Å². The number of ether oxygens (including phenoxy) is 2. The van der Waals surface area contributed by atoms with Gasteiger partial charge in [0.25, 0.3) is 0 Å². The molecule has 0 saturated carbocycles. The van der Waals surface area contributed by atoms with Crippen LogP contribution in [-0.4, -0.2) is 31.1 Å². The first-order valence-electron chi connectivity index (χ1n) is 9.42. The van der Waals surface area contributed by atoms with Crippen molar-refractivity contribution in [2.24, 2.45) is 5.10 Å². The molecule has 3 aromatic rings. The summed E-state index contributed by atoms with van der Waals surface area (Å²) in [5.74, 6) is -2.08. The Balaban J connectivity index is 1.64. The summed E-state index contributed by atoms with van der Waals surface area (Å²) in [5.41, 5.74) is 3.01. The van der Waals surface area contributed by atoms with E-state index in [2.05, 4.69) is 15.8 Å². The molecule has 0 aromatic heterocycles. The van der Waals surface area contributed by atoms with Gasteiger partial charge in [-0.2, -0.15) is 5.10 Å². The van der Waals surface area contributed by atoms with Crippen molar-refractivity contribution in [1.29, 1.82) is 0 Å². The molecule has 10 heteroatoms. The predicted molar refractivity (Wildman–Crippen MR) is 125 cm³/mol. The van der Waals surface area contributed by atoms with Gasteiger partial charge in [0.05, 0.1) is 24.6 Å². The number of hydrazone groups is 1.